The summed E-state index contributed by atoms with van der Waals surface area (Å²) in [4.78, 5) is 17.8. The van der Waals surface area contributed by atoms with Crippen LogP contribution in [-0.4, -0.2) is 40.3 Å². The summed E-state index contributed by atoms with van der Waals surface area (Å²) in [7, 11) is 2.06. The lowest BCUT2D eigenvalue weighted by Gasteiger charge is -2.22. The molecule has 0 saturated heterocycles. The number of imidazole rings is 1. The van der Waals surface area contributed by atoms with Gasteiger partial charge in [0.05, 0.1) is 11.0 Å². The topological polar surface area (TPSA) is 64.1 Å². The standard InChI is InChI=1S/C19H28Cl2N4O.C2H6/c1-24-17-9-8-15(25(12-10-20)13-11-21)14-16(17)23-19(24)7-5-3-2-4-6-18(22)26;1-2/h8-9,14H,2-7,10-13H2,1H3,(H2,22,26);1-2H3. The maximum atomic E-state index is 10.7. The Morgan fingerprint density at radius 2 is 1.75 bits per heavy atom. The van der Waals surface area contributed by atoms with Gasteiger partial charge in [0, 0.05) is 50.4 Å². The molecule has 0 fully saturated rings. The van der Waals surface area contributed by atoms with Crippen LogP contribution >= 0.6 is 23.2 Å². The lowest BCUT2D eigenvalue weighted by atomic mass is 10.1. The van der Waals surface area contributed by atoms with Crippen LogP contribution in [0.2, 0.25) is 0 Å². The molecule has 5 nitrogen and oxygen atoms in total. The van der Waals surface area contributed by atoms with E-state index in [-0.39, 0.29) is 5.91 Å². The van der Waals surface area contributed by atoms with Gasteiger partial charge in [0.1, 0.15) is 5.82 Å². The van der Waals surface area contributed by atoms with Crippen LogP contribution in [0.4, 0.5) is 5.69 Å². The second-order valence-corrected chi connectivity index (χ2v) is 7.26. The van der Waals surface area contributed by atoms with Gasteiger partial charge in [-0.15, -0.1) is 23.2 Å². The summed E-state index contributed by atoms with van der Waals surface area (Å²) < 4.78 is 2.16. The summed E-state index contributed by atoms with van der Waals surface area (Å²) in [5.41, 5.74) is 8.40. The molecule has 1 aromatic carbocycles. The maximum Gasteiger partial charge on any atom is 0.217 e. The van der Waals surface area contributed by atoms with Crippen LogP contribution in [0.1, 0.15) is 51.8 Å². The van der Waals surface area contributed by atoms with Gasteiger partial charge in [0.2, 0.25) is 5.91 Å². The molecule has 0 aliphatic heterocycles. The van der Waals surface area contributed by atoms with Gasteiger partial charge >= 0.3 is 0 Å². The number of anilines is 1. The number of carbonyl (C=O) groups excluding carboxylic acids is 1. The highest BCUT2D eigenvalue weighted by molar-refractivity contribution is 6.18. The number of fused-ring (bicyclic) bond motifs is 1. The zero-order valence-corrected chi connectivity index (χ0v) is 18.9. The molecule has 0 saturated carbocycles. The van der Waals surface area contributed by atoms with E-state index in [1.54, 1.807) is 0 Å². The molecule has 2 N–H and O–H groups in total. The second kappa shape index (κ2) is 13.7. The predicted octanol–water partition coefficient (Wildman–Crippen LogP) is 4.86. The first-order valence-electron chi connectivity index (χ1n) is 10.2. The molecule has 2 rings (SSSR count). The Morgan fingerprint density at radius 1 is 1.11 bits per heavy atom. The van der Waals surface area contributed by atoms with E-state index in [1.807, 2.05) is 13.8 Å². The number of benzene rings is 1. The summed E-state index contributed by atoms with van der Waals surface area (Å²) in [5.74, 6) is 2.01. The van der Waals surface area contributed by atoms with E-state index >= 15 is 0 Å². The molecule has 0 bridgehead atoms. The van der Waals surface area contributed by atoms with E-state index in [0.29, 0.717) is 18.2 Å². The van der Waals surface area contributed by atoms with Crippen LogP contribution in [0.25, 0.3) is 11.0 Å². The third-order valence-electron chi connectivity index (χ3n) is 4.60. The average molecular weight is 429 g/mol. The normalized spacial score (nSPS) is 10.6. The Kier molecular flexibility index (Phi) is 12.0. The highest BCUT2D eigenvalue weighted by Gasteiger charge is 2.11. The van der Waals surface area contributed by atoms with Crippen LogP contribution in [0.3, 0.4) is 0 Å². The molecule has 2 aromatic rings. The van der Waals surface area contributed by atoms with Crippen molar-refractivity contribution in [3.05, 3.63) is 24.0 Å². The van der Waals surface area contributed by atoms with Gasteiger partial charge in [0.25, 0.3) is 0 Å². The average Bonchev–Trinajstić information content (AvgIpc) is 3.01. The molecular formula is C21H34Cl2N4O. The minimum Gasteiger partial charge on any atom is -0.370 e. The van der Waals surface area contributed by atoms with Gasteiger partial charge in [0.15, 0.2) is 0 Å². The molecule has 28 heavy (non-hydrogen) atoms. The van der Waals surface area contributed by atoms with Crippen LogP contribution < -0.4 is 10.6 Å². The van der Waals surface area contributed by atoms with E-state index in [2.05, 4.69) is 34.7 Å². The van der Waals surface area contributed by atoms with E-state index in [4.69, 9.17) is 33.9 Å². The highest BCUT2D eigenvalue weighted by Crippen LogP contribution is 2.23. The van der Waals surface area contributed by atoms with E-state index in [9.17, 15) is 4.79 Å². The van der Waals surface area contributed by atoms with Crippen molar-refractivity contribution in [1.29, 1.82) is 0 Å². The van der Waals surface area contributed by atoms with Crippen molar-refractivity contribution in [2.75, 3.05) is 29.7 Å². The molecule has 1 heterocycles. The molecular weight excluding hydrogens is 395 g/mol. The van der Waals surface area contributed by atoms with Crippen molar-refractivity contribution in [1.82, 2.24) is 9.55 Å². The van der Waals surface area contributed by atoms with Crippen molar-refractivity contribution in [3.8, 4) is 0 Å². The third-order valence-corrected chi connectivity index (χ3v) is 4.94. The number of aromatic nitrogens is 2. The molecule has 0 unspecified atom stereocenters. The van der Waals surface area contributed by atoms with Gasteiger partial charge in [-0.2, -0.15) is 0 Å². The monoisotopic (exact) mass is 428 g/mol. The Morgan fingerprint density at radius 3 is 2.36 bits per heavy atom. The number of carbonyl (C=O) groups is 1. The first-order chi connectivity index (χ1) is 13.6. The number of rotatable bonds is 12. The zero-order chi connectivity index (χ0) is 20.9. The van der Waals surface area contributed by atoms with Crippen molar-refractivity contribution in [2.45, 2.75) is 52.4 Å². The molecule has 1 aromatic heterocycles. The SMILES string of the molecule is CC.Cn1c(CCCCCCC(N)=O)nc2cc(N(CCCl)CCCl)ccc21. The maximum absolute atomic E-state index is 10.7. The molecule has 158 valence electrons. The quantitative estimate of drug-likeness (QED) is 0.387. The fraction of sp³-hybridized carbons (Fsp3) is 0.619. The molecule has 7 heteroatoms. The number of halogens is 2. The molecule has 0 radical (unpaired) electrons. The molecule has 1 amide bonds. The fourth-order valence-corrected chi connectivity index (χ4v) is 3.58. The number of hydrogen-bond donors (Lipinski definition) is 1. The number of nitrogens with zero attached hydrogens (tertiary/aromatic N) is 3. The summed E-state index contributed by atoms with van der Waals surface area (Å²) in [6.07, 6.45) is 5.47. The molecule has 0 atom stereocenters. The van der Waals surface area contributed by atoms with Gasteiger partial charge in [-0.05, 0) is 31.0 Å². The van der Waals surface area contributed by atoms with Crippen molar-refractivity contribution in [2.24, 2.45) is 12.8 Å². The first kappa shape index (κ1) is 24.6. The lowest BCUT2D eigenvalue weighted by molar-refractivity contribution is -0.118. The Balaban J connectivity index is 0.00000190. The molecule has 0 aliphatic carbocycles. The van der Waals surface area contributed by atoms with Crippen LogP contribution in [0, 0.1) is 0 Å². The minimum absolute atomic E-state index is 0.214. The summed E-state index contributed by atoms with van der Waals surface area (Å²) >= 11 is 11.8. The number of hydrogen-bond acceptors (Lipinski definition) is 3. The third kappa shape index (κ3) is 7.51. The van der Waals surface area contributed by atoms with Crippen LogP contribution in [-0.2, 0) is 18.3 Å². The fourth-order valence-electron chi connectivity index (χ4n) is 3.17. The van der Waals surface area contributed by atoms with Gasteiger partial charge in [-0.3, -0.25) is 4.79 Å². The largest absolute Gasteiger partial charge is 0.370 e. The van der Waals surface area contributed by atoms with E-state index in [1.165, 1.54) is 0 Å². The molecule has 0 aliphatic rings. The number of unbranched alkanes of at least 4 members (excludes halogenated alkanes) is 3. The number of primary amides is 1. The number of alkyl halides is 2. The van der Waals surface area contributed by atoms with E-state index < -0.39 is 0 Å². The smallest absolute Gasteiger partial charge is 0.217 e. The first-order valence-corrected chi connectivity index (χ1v) is 11.2. The van der Waals surface area contributed by atoms with Gasteiger partial charge in [-0.25, -0.2) is 4.98 Å². The lowest BCUT2D eigenvalue weighted by Crippen LogP contribution is -2.27. The number of aryl methyl sites for hydroxylation is 2. The van der Waals surface area contributed by atoms with Crippen LogP contribution in [0.15, 0.2) is 18.2 Å². The zero-order valence-electron chi connectivity index (χ0n) is 17.4. The Bertz CT molecular complexity index is 712. The summed E-state index contributed by atoms with van der Waals surface area (Å²) in [5, 5.41) is 0. The van der Waals surface area contributed by atoms with Crippen LogP contribution in [0.5, 0.6) is 0 Å². The van der Waals surface area contributed by atoms with Crippen molar-refractivity contribution >= 4 is 45.8 Å². The van der Waals surface area contributed by atoms with Gasteiger partial charge < -0.3 is 15.2 Å². The van der Waals surface area contributed by atoms with Gasteiger partial charge in [-0.1, -0.05) is 26.7 Å². The second-order valence-electron chi connectivity index (χ2n) is 6.51. The van der Waals surface area contributed by atoms with Crippen molar-refractivity contribution in [3.63, 3.8) is 0 Å². The molecule has 0 spiro atoms. The minimum atomic E-state index is -0.214. The summed E-state index contributed by atoms with van der Waals surface area (Å²) in [6, 6.07) is 6.34. The number of nitrogens with two attached hydrogens (primary N) is 1. The Hall–Kier alpha value is -1.46. The highest BCUT2D eigenvalue weighted by atomic mass is 35.5. The summed E-state index contributed by atoms with van der Waals surface area (Å²) in [6.45, 7) is 5.54. The predicted molar refractivity (Wildman–Crippen MR) is 122 cm³/mol. The number of amides is 1. The van der Waals surface area contributed by atoms with E-state index in [0.717, 1.165) is 67.7 Å². The van der Waals surface area contributed by atoms with Crippen molar-refractivity contribution < 1.29 is 4.79 Å². The Labute approximate surface area is 179 Å².